The molecule has 196 valence electrons. The predicted octanol–water partition coefficient (Wildman–Crippen LogP) is 2.79. The van der Waals surface area contributed by atoms with Gasteiger partial charge in [0.2, 0.25) is 0 Å². The summed E-state index contributed by atoms with van der Waals surface area (Å²) in [7, 11) is -2.34. The zero-order valence-electron chi connectivity index (χ0n) is 20.0. The second kappa shape index (κ2) is 11.9. The fourth-order valence-corrected chi connectivity index (χ4v) is 4.90. The van der Waals surface area contributed by atoms with Gasteiger partial charge in [0.1, 0.15) is 22.6 Å². The number of benzene rings is 1. The number of rotatable bonds is 11. The van der Waals surface area contributed by atoms with Gasteiger partial charge in [-0.05, 0) is 57.2 Å². The Morgan fingerprint density at radius 2 is 1.86 bits per heavy atom. The SMILES string of the molecule is COc1ccc(OP(=O)(CO[C@@H]2C=C[C@H](n3cc(Cl)c(=O)[nH]c3=O)O2)N[C@@H](C)C(=O)OC(C)C)cc1. The van der Waals surface area contributed by atoms with Crippen molar-refractivity contribution in [2.45, 2.75) is 45.4 Å². The van der Waals surface area contributed by atoms with Crippen LogP contribution in [0.2, 0.25) is 5.02 Å². The molecular weight excluding hydrogens is 517 g/mol. The van der Waals surface area contributed by atoms with E-state index in [1.807, 2.05) is 0 Å². The normalized spacial score (nSPS) is 19.6. The van der Waals surface area contributed by atoms with Gasteiger partial charge in [0.05, 0.1) is 13.2 Å². The van der Waals surface area contributed by atoms with Crippen LogP contribution >= 0.6 is 19.1 Å². The highest BCUT2D eigenvalue weighted by Crippen LogP contribution is 2.44. The molecule has 12 nitrogen and oxygen atoms in total. The monoisotopic (exact) mass is 543 g/mol. The van der Waals surface area contributed by atoms with Gasteiger partial charge in [0.25, 0.3) is 5.56 Å². The van der Waals surface area contributed by atoms with Crippen molar-refractivity contribution in [1.29, 1.82) is 0 Å². The Hall–Kier alpha value is -2.89. The molecule has 0 fully saturated rings. The second-order valence-corrected chi connectivity index (χ2v) is 10.4. The largest absolute Gasteiger partial charge is 0.497 e. The van der Waals surface area contributed by atoms with Gasteiger partial charge in [-0.3, -0.25) is 23.7 Å². The number of aromatic nitrogens is 2. The lowest BCUT2D eigenvalue weighted by molar-refractivity contribution is -0.149. The molecule has 36 heavy (non-hydrogen) atoms. The molecule has 2 N–H and O–H groups in total. The molecule has 14 heteroatoms. The summed E-state index contributed by atoms with van der Waals surface area (Å²) in [4.78, 5) is 37.9. The first-order chi connectivity index (χ1) is 17.0. The molecule has 1 aliphatic heterocycles. The summed E-state index contributed by atoms with van der Waals surface area (Å²) >= 11 is 5.80. The van der Waals surface area contributed by atoms with Crippen LogP contribution < -0.4 is 25.6 Å². The van der Waals surface area contributed by atoms with E-state index in [1.165, 1.54) is 26.2 Å². The van der Waals surface area contributed by atoms with Gasteiger partial charge in [0.15, 0.2) is 18.9 Å². The Morgan fingerprint density at radius 1 is 1.19 bits per heavy atom. The number of carbonyl (C=O) groups excluding carboxylic acids is 1. The Labute approximate surface area is 211 Å². The molecule has 0 saturated carbocycles. The van der Waals surface area contributed by atoms with E-state index in [2.05, 4.69) is 10.1 Å². The lowest BCUT2D eigenvalue weighted by Gasteiger charge is -2.25. The van der Waals surface area contributed by atoms with E-state index in [9.17, 15) is 18.9 Å². The zero-order chi connectivity index (χ0) is 26.5. The van der Waals surface area contributed by atoms with Gasteiger partial charge in [-0.15, -0.1) is 0 Å². The number of carbonyl (C=O) groups is 1. The van der Waals surface area contributed by atoms with Gasteiger partial charge in [0, 0.05) is 6.20 Å². The van der Waals surface area contributed by atoms with Crippen LogP contribution in [0.1, 0.15) is 27.0 Å². The van der Waals surface area contributed by atoms with Gasteiger partial charge in [-0.25, -0.2) is 9.88 Å². The van der Waals surface area contributed by atoms with Crippen LogP contribution in [0.4, 0.5) is 0 Å². The van der Waals surface area contributed by atoms with E-state index in [0.717, 1.165) is 10.8 Å². The van der Waals surface area contributed by atoms with Crippen molar-refractivity contribution in [3.05, 3.63) is 68.5 Å². The number of H-pyrrole nitrogens is 1. The van der Waals surface area contributed by atoms with Crippen molar-refractivity contribution in [2.75, 3.05) is 13.5 Å². The molecule has 0 amide bonds. The lowest BCUT2D eigenvalue weighted by atomic mass is 10.3. The fraction of sp³-hybridized carbons (Fsp3) is 0.409. The molecule has 1 aromatic heterocycles. The molecule has 2 heterocycles. The van der Waals surface area contributed by atoms with Crippen LogP contribution in [-0.2, 0) is 23.6 Å². The van der Waals surface area contributed by atoms with Gasteiger partial charge >= 0.3 is 19.2 Å². The topological polar surface area (TPSA) is 147 Å². The number of esters is 1. The number of nitrogens with one attached hydrogen (secondary N) is 2. The van der Waals surface area contributed by atoms with E-state index >= 15 is 0 Å². The van der Waals surface area contributed by atoms with Gasteiger partial charge in [-0.1, -0.05) is 11.6 Å². The molecule has 0 bridgehead atoms. The first-order valence-corrected chi connectivity index (χ1v) is 13.1. The van der Waals surface area contributed by atoms with Crippen LogP contribution in [0.25, 0.3) is 0 Å². The molecule has 1 aromatic carbocycles. The van der Waals surface area contributed by atoms with Crippen molar-refractivity contribution in [3.8, 4) is 11.5 Å². The smallest absolute Gasteiger partial charge is 0.342 e. The Morgan fingerprint density at radius 3 is 2.50 bits per heavy atom. The van der Waals surface area contributed by atoms with Crippen molar-refractivity contribution in [3.63, 3.8) is 0 Å². The van der Waals surface area contributed by atoms with E-state index < -0.39 is 49.6 Å². The quantitative estimate of drug-likeness (QED) is 0.246. The van der Waals surface area contributed by atoms with E-state index in [-0.39, 0.29) is 16.9 Å². The molecule has 1 unspecified atom stereocenters. The Balaban J connectivity index is 1.72. The van der Waals surface area contributed by atoms with Crippen LogP contribution in [0.15, 0.2) is 52.2 Å². The lowest BCUT2D eigenvalue weighted by Crippen LogP contribution is -2.37. The van der Waals surface area contributed by atoms with Crippen molar-refractivity contribution >= 4 is 25.1 Å². The third kappa shape index (κ3) is 7.31. The van der Waals surface area contributed by atoms with Gasteiger partial charge in [-0.2, -0.15) is 0 Å². The summed E-state index contributed by atoms with van der Waals surface area (Å²) in [6.07, 6.45) is 1.34. The minimum absolute atomic E-state index is 0.195. The van der Waals surface area contributed by atoms with Crippen molar-refractivity contribution < 1.29 is 32.8 Å². The highest BCUT2D eigenvalue weighted by Gasteiger charge is 2.33. The molecule has 0 radical (unpaired) electrons. The number of ether oxygens (including phenoxy) is 4. The maximum absolute atomic E-state index is 13.7. The summed E-state index contributed by atoms with van der Waals surface area (Å²) in [5.74, 6) is 0.202. The maximum Gasteiger partial charge on any atom is 0.342 e. The number of nitrogens with zero attached hydrogens (tertiary/aromatic N) is 1. The molecular formula is C22H27ClN3O9P. The van der Waals surface area contributed by atoms with Crippen molar-refractivity contribution in [1.82, 2.24) is 14.6 Å². The minimum atomic E-state index is -3.85. The Bertz CT molecular complexity index is 1260. The number of methoxy groups -OCH3 is 1. The fourth-order valence-electron chi connectivity index (χ4n) is 3.07. The van der Waals surface area contributed by atoms with E-state index in [4.69, 9.17) is 35.1 Å². The maximum atomic E-state index is 13.7. The summed E-state index contributed by atoms with van der Waals surface area (Å²) in [5, 5.41) is 2.48. The van der Waals surface area contributed by atoms with Crippen LogP contribution in [0.3, 0.4) is 0 Å². The molecule has 0 aliphatic carbocycles. The minimum Gasteiger partial charge on any atom is -0.497 e. The van der Waals surface area contributed by atoms with Crippen molar-refractivity contribution in [2.24, 2.45) is 0 Å². The average Bonchev–Trinajstić information content (AvgIpc) is 3.29. The molecule has 0 saturated heterocycles. The molecule has 0 spiro atoms. The standard InChI is InChI=1S/C22H27ClN3O9P/c1-13(2)33-21(28)14(3)25-36(30,35-16-7-5-15(31-4)6-8-16)12-32-19-10-9-18(34-19)26-11-17(23)20(27)24-22(26)29/h5-11,13-14,18-19H,12H2,1-4H3,(H,25,30)(H,24,27,29)/t14-,18+,19-,36?/m0/s1. The van der Waals surface area contributed by atoms with Crippen LogP contribution in [0, 0.1) is 0 Å². The summed E-state index contributed by atoms with van der Waals surface area (Å²) in [5.41, 5.74) is -1.45. The molecule has 4 atom stereocenters. The third-order valence-electron chi connectivity index (χ3n) is 4.72. The first-order valence-electron chi connectivity index (χ1n) is 10.9. The molecule has 1 aliphatic rings. The highest BCUT2D eigenvalue weighted by atomic mass is 35.5. The van der Waals surface area contributed by atoms with E-state index in [1.54, 1.807) is 38.1 Å². The summed E-state index contributed by atoms with van der Waals surface area (Å²) < 4.78 is 42.0. The zero-order valence-corrected chi connectivity index (χ0v) is 21.7. The molecule has 2 aromatic rings. The highest BCUT2D eigenvalue weighted by molar-refractivity contribution is 7.57. The number of hydrogen-bond donors (Lipinski definition) is 2. The van der Waals surface area contributed by atoms with E-state index in [0.29, 0.717) is 5.75 Å². The third-order valence-corrected chi connectivity index (χ3v) is 6.77. The Kier molecular flexibility index (Phi) is 9.15. The number of halogens is 1. The molecule has 3 rings (SSSR count). The first kappa shape index (κ1) is 27.7. The summed E-state index contributed by atoms with van der Waals surface area (Å²) in [6.45, 7) is 4.88. The predicted molar refractivity (Wildman–Crippen MR) is 130 cm³/mol. The second-order valence-electron chi connectivity index (χ2n) is 8.00. The number of aromatic amines is 1. The number of hydrogen-bond acceptors (Lipinski definition) is 9. The van der Waals surface area contributed by atoms with Crippen LogP contribution in [-0.4, -0.2) is 47.4 Å². The van der Waals surface area contributed by atoms with Gasteiger partial charge < -0.3 is 23.5 Å². The average molecular weight is 544 g/mol. The van der Waals surface area contributed by atoms with Crippen LogP contribution in [0.5, 0.6) is 11.5 Å². The summed E-state index contributed by atoms with van der Waals surface area (Å²) in [6, 6.07) is 5.38.